The quantitative estimate of drug-likeness (QED) is 0.272. The first-order chi connectivity index (χ1) is 18.0. The Bertz CT molecular complexity index is 1510. The Labute approximate surface area is 218 Å². The lowest BCUT2D eigenvalue weighted by molar-refractivity contribution is -0.123. The summed E-state index contributed by atoms with van der Waals surface area (Å²) in [6.07, 6.45) is 7.07. The van der Waals surface area contributed by atoms with Crippen molar-refractivity contribution in [2.45, 2.75) is 45.3 Å². The summed E-state index contributed by atoms with van der Waals surface area (Å²) in [5.41, 5.74) is 5.24. The van der Waals surface area contributed by atoms with Gasteiger partial charge in [-0.1, -0.05) is 30.3 Å². The highest BCUT2D eigenvalue weighted by molar-refractivity contribution is 7.18. The van der Waals surface area contributed by atoms with Crippen LogP contribution in [0.4, 0.5) is 0 Å². The largest absolute Gasteiger partial charge is 0.493 e. The number of fused-ring (bicyclic) bond motifs is 3. The van der Waals surface area contributed by atoms with E-state index in [0.717, 1.165) is 47.2 Å². The van der Waals surface area contributed by atoms with Crippen LogP contribution in [0.3, 0.4) is 0 Å². The molecule has 2 aromatic carbocycles. The molecule has 0 saturated carbocycles. The maximum absolute atomic E-state index is 13.2. The zero-order valence-corrected chi connectivity index (χ0v) is 21.6. The number of aromatic nitrogens is 2. The van der Waals surface area contributed by atoms with Crippen molar-refractivity contribution in [3.8, 4) is 11.5 Å². The first-order valence-corrected chi connectivity index (χ1v) is 13.1. The second kappa shape index (κ2) is 11.0. The molecule has 0 radical (unpaired) electrons. The van der Waals surface area contributed by atoms with Gasteiger partial charge in [0.25, 0.3) is 11.5 Å². The molecule has 1 N–H and O–H groups in total. The van der Waals surface area contributed by atoms with Crippen LogP contribution in [0.1, 0.15) is 47.4 Å². The molecule has 0 unspecified atom stereocenters. The molecule has 1 aliphatic carbocycles. The van der Waals surface area contributed by atoms with E-state index in [-0.39, 0.29) is 5.56 Å². The zero-order valence-electron chi connectivity index (χ0n) is 20.8. The molecule has 1 amide bonds. The molecule has 0 fully saturated rings. The number of nitrogens with one attached hydrogen (secondary N) is 1. The maximum atomic E-state index is 13.2. The van der Waals surface area contributed by atoms with Gasteiger partial charge in [0.05, 0.1) is 25.0 Å². The smallest absolute Gasteiger partial charge is 0.263 e. The minimum atomic E-state index is -0.760. The first kappa shape index (κ1) is 24.7. The molecule has 1 atom stereocenters. The number of carbonyl (C=O) groups excluding carboxylic acids is 1. The van der Waals surface area contributed by atoms with Crippen LogP contribution < -0.4 is 20.5 Å². The summed E-state index contributed by atoms with van der Waals surface area (Å²) < 4.78 is 12.7. The van der Waals surface area contributed by atoms with Crippen LogP contribution in [0.5, 0.6) is 11.5 Å². The molecule has 0 bridgehead atoms. The van der Waals surface area contributed by atoms with E-state index in [1.165, 1.54) is 22.0 Å². The van der Waals surface area contributed by atoms with Gasteiger partial charge in [0, 0.05) is 4.88 Å². The van der Waals surface area contributed by atoms with Crippen molar-refractivity contribution in [2.24, 2.45) is 5.10 Å². The van der Waals surface area contributed by atoms with Crippen LogP contribution in [0, 0.1) is 0 Å². The standard InChI is InChI=1S/C28H28N4O4S/c1-18(32-17-29-27-25(28(32)34)21-10-6-7-11-24(21)37-27)26(33)31-30-15-20-12-13-22(23(14-20)35-2)36-16-19-8-4-3-5-9-19/h3-5,8-9,12-15,17-18H,6-7,10-11,16H2,1-2H3,(H,31,33)/b30-15-/t18-/m0/s1. The monoisotopic (exact) mass is 516 g/mol. The summed E-state index contributed by atoms with van der Waals surface area (Å²) in [5, 5.41) is 4.74. The predicted molar refractivity (Wildman–Crippen MR) is 145 cm³/mol. The average molecular weight is 517 g/mol. The highest BCUT2D eigenvalue weighted by atomic mass is 32.1. The van der Waals surface area contributed by atoms with Crippen molar-refractivity contribution in [3.05, 3.63) is 86.8 Å². The summed E-state index contributed by atoms with van der Waals surface area (Å²) >= 11 is 1.59. The summed E-state index contributed by atoms with van der Waals surface area (Å²) in [6.45, 7) is 2.09. The van der Waals surface area contributed by atoms with E-state index in [0.29, 0.717) is 23.5 Å². The third kappa shape index (κ3) is 5.27. The minimum Gasteiger partial charge on any atom is -0.493 e. The van der Waals surface area contributed by atoms with Gasteiger partial charge in [0.1, 0.15) is 17.5 Å². The van der Waals surface area contributed by atoms with E-state index >= 15 is 0 Å². The zero-order chi connectivity index (χ0) is 25.8. The Morgan fingerprint density at radius 3 is 2.81 bits per heavy atom. The van der Waals surface area contributed by atoms with Gasteiger partial charge in [-0.3, -0.25) is 14.2 Å². The number of benzene rings is 2. The number of nitrogens with zero attached hydrogens (tertiary/aromatic N) is 3. The molecule has 4 aromatic rings. The molecular weight excluding hydrogens is 488 g/mol. The Morgan fingerprint density at radius 2 is 2.00 bits per heavy atom. The number of hydrogen-bond acceptors (Lipinski definition) is 7. The van der Waals surface area contributed by atoms with E-state index in [1.807, 2.05) is 36.4 Å². The van der Waals surface area contributed by atoms with E-state index in [1.54, 1.807) is 37.5 Å². The predicted octanol–water partition coefficient (Wildman–Crippen LogP) is 4.64. The number of amides is 1. The topological polar surface area (TPSA) is 94.8 Å². The number of methoxy groups -OCH3 is 1. The second-order valence-corrected chi connectivity index (χ2v) is 10.0. The number of thiophene rings is 1. The lowest BCUT2D eigenvalue weighted by Crippen LogP contribution is -2.34. The fourth-order valence-electron chi connectivity index (χ4n) is 4.44. The summed E-state index contributed by atoms with van der Waals surface area (Å²) in [7, 11) is 1.57. The molecule has 0 aliphatic heterocycles. The lowest BCUT2D eigenvalue weighted by atomic mass is 9.97. The molecule has 37 heavy (non-hydrogen) atoms. The van der Waals surface area contributed by atoms with Gasteiger partial charge in [0.15, 0.2) is 11.5 Å². The van der Waals surface area contributed by atoms with Gasteiger partial charge >= 0.3 is 0 Å². The van der Waals surface area contributed by atoms with E-state index in [2.05, 4.69) is 15.5 Å². The third-order valence-corrected chi connectivity index (χ3v) is 7.71. The Morgan fingerprint density at radius 1 is 1.19 bits per heavy atom. The van der Waals surface area contributed by atoms with Crippen LogP contribution >= 0.6 is 11.3 Å². The molecule has 190 valence electrons. The van der Waals surface area contributed by atoms with Gasteiger partial charge in [-0.25, -0.2) is 10.4 Å². The highest BCUT2D eigenvalue weighted by Gasteiger charge is 2.23. The van der Waals surface area contributed by atoms with Gasteiger partial charge in [0.2, 0.25) is 0 Å². The molecule has 2 aromatic heterocycles. The van der Waals surface area contributed by atoms with Crippen molar-refractivity contribution >= 4 is 33.7 Å². The van der Waals surface area contributed by atoms with E-state index in [9.17, 15) is 9.59 Å². The molecule has 5 rings (SSSR count). The molecular formula is C28H28N4O4S. The average Bonchev–Trinajstić information content (AvgIpc) is 3.32. The number of aryl methyl sites for hydroxylation is 2. The van der Waals surface area contributed by atoms with Gasteiger partial charge < -0.3 is 9.47 Å². The fourth-order valence-corrected chi connectivity index (χ4v) is 5.66. The number of rotatable bonds is 8. The van der Waals surface area contributed by atoms with Crippen LogP contribution in [0.15, 0.2) is 64.8 Å². The highest BCUT2D eigenvalue weighted by Crippen LogP contribution is 2.33. The molecule has 2 heterocycles. The number of carbonyl (C=O) groups is 1. The molecule has 8 nitrogen and oxygen atoms in total. The summed E-state index contributed by atoms with van der Waals surface area (Å²) in [5.74, 6) is 0.766. The molecule has 9 heteroatoms. The maximum Gasteiger partial charge on any atom is 0.263 e. The molecule has 0 spiro atoms. The van der Waals surface area contributed by atoms with Crippen molar-refractivity contribution < 1.29 is 14.3 Å². The van der Waals surface area contributed by atoms with Gasteiger partial charge in [-0.15, -0.1) is 11.3 Å². The summed E-state index contributed by atoms with van der Waals surface area (Å²) in [6, 6.07) is 14.5. The van der Waals surface area contributed by atoms with Crippen molar-refractivity contribution in [1.82, 2.24) is 15.0 Å². The van der Waals surface area contributed by atoms with Crippen LogP contribution in [-0.4, -0.2) is 28.8 Å². The van der Waals surface area contributed by atoms with Crippen molar-refractivity contribution in [3.63, 3.8) is 0 Å². The number of hydrazone groups is 1. The van der Waals surface area contributed by atoms with E-state index < -0.39 is 11.9 Å². The van der Waals surface area contributed by atoms with Crippen molar-refractivity contribution in [1.29, 1.82) is 0 Å². The van der Waals surface area contributed by atoms with Crippen LogP contribution in [-0.2, 0) is 24.2 Å². The van der Waals surface area contributed by atoms with Crippen molar-refractivity contribution in [2.75, 3.05) is 7.11 Å². The molecule has 0 saturated heterocycles. The summed E-state index contributed by atoms with van der Waals surface area (Å²) in [4.78, 5) is 32.5. The molecule has 1 aliphatic rings. The van der Waals surface area contributed by atoms with Gasteiger partial charge in [-0.2, -0.15) is 5.10 Å². The van der Waals surface area contributed by atoms with Crippen LogP contribution in [0.25, 0.3) is 10.2 Å². The lowest BCUT2D eigenvalue weighted by Gasteiger charge is -2.14. The number of hydrogen-bond donors (Lipinski definition) is 1. The Balaban J connectivity index is 1.25. The Hall–Kier alpha value is -3.98. The number of ether oxygens (including phenoxy) is 2. The van der Waals surface area contributed by atoms with E-state index in [4.69, 9.17) is 9.47 Å². The fraction of sp³-hybridized carbons (Fsp3) is 0.286. The second-order valence-electron chi connectivity index (χ2n) is 8.94. The minimum absolute atomic E-state index is 0.174. The van der Waals surface area contributed by atoms with Crippen LogP contribution in [0.2, 0.25) is 0 Å². The first-order valence-electron chi connectivity index (χ1n) is 12.2. The van der Waals surface area contributed by atoms with Gasteiger partial charge in [-0.05, 0) is 67.5 Å². The normalized spacial score (nSPS) is 13.9. The third-order valence-electron chi connectivity index (χ3n) is 6.51. The Kier molecular flexibility index (Phi) is 7.32. The SMILES string of the molecule is COc1cc(/C=N\NC(=O)[C@H](C)n2cnc3sc4c(c3c2=O)CCCC4)ccc1OCc1ccccc1.